The van der Waals surface area contributed by atoms with Gasteiger partial charge in [-0.25, -0.2) is 13.2 Å². The summed E-state index contributed by atoms with van der Waals surface area (Å²) in [5.74, 6) is -1.14. The molecule has 0 spiro atoms. The quantitative estimate of drug-likeness (QED) is 0.523. The Hall–Kier alpha value is -2.19. The van der Waals surface area contributed by atoms with Gasteiger partial charge in [0.25, 0.3) is 5.91 Å². The molecule has 26 heavy (non-hydrogen) atoms. The van der Waals surface area contributed by atoms with Gasteiger partial charge in [-0.1, -0.05) is 32.9 Å². The van der Waals surface area contributed by atoms with Crippen molar-refractivity contribution in [3.63, 3.8) is 0 Å². The van der Waals surface area contributed by atoms with Gasteiger partial charge in [-0.15, -0.1) is 0 Å². The number of anilines is 1. The van der Waals surface area contributed by atoms with Crippen molar-refractivity contribution < 1.29 is 22.7 Å². The average molecular weight is 382 g/mol. The summed E-state index contributed by atoms with van der Waals surface area (Å²) in [5.41, 5.74) is 0.914. The molecular formula is C18H26N2O5S. The van der Waals surface area contributed by atoms with E-state index in [2.05, 4.69) is 5.32 Å². The number of hydrogen-bond acceptors (Lipinski definition) is 5. The molecule has 0 bridgehead atoms. The highest BCUT2D eigenvalue weighted by Crippen LogP contribution is 2.23. The van der Waals surface area contributed by atoms with E-state index >= 15 is 0 Å². The largest absolute Gasteiger partial charge is 0.452 e. The average Bonchev–Trinajstić information content (AvgIpc) is 2.60. The number of nitrogens with one attached hydrogen (secondary N) is 1. The van der Waals surface area contributed by atoms with Crippen molar-refractivity contribution in [2.24, 2.45) is 0 Å². The van der Waals surface area contributed by atoms with Crippen molar-refractivity contribution in [2.75, 3.05) is 25.0 Å². The summed E-state index contributed by atoms with van der Waals surface area (Å²) < 4.78 is 31.6. The number of aryl methyl sites for hydroxylation is 1. The summed E-state index contributed by atoms with van der Waals surface area (Å²) in [5, 5.41) is 2.54. The number of esters is 1. The highest BCUT2D eigenvalue weighted by Gasteiger charge is 2.24. The molecule has 1 N–H and O–H groups in total. The Kier molecular flexibility index (Phi) is 8.47. The van der Waals surface area contributed by atoms with E-state index in [0.29, 0.717) is 30.8 Å². The van der Waals surface area contributed by atoms with Crippen LogP contribution in [0, 0.1) is 6.92 Å². The van der Waals surface area contributed by atoms with E-state index in [0.717, 1.165) is 0 Å². The van der Waals surface area contributed by atoms with Gasteiger partial charge in [0.2, 0.25) is 10.0 Å². The van der Waals surface area contributed by atoms with Crippen LogP contribution in [0.15, 0.2) is 35.2 Å². The van der Waals surface area contributed by atoms with Gasteiger partial charge >= 0.3 is 5.97 Å². The monoisotopic (exact) mass is 382 g/mol. The number of nitrogens with zero attached hydrogens (tertiary/aromatic N) is 1. The molecule has 1 rings (SSSR count). The molecule has 7 nitrogen and oxygen atoms in total. The van der Waals surface area contributed by atoms with Gasteiger partial charge in [0, 0.05) is 24.9 Å². The topological polar surface area (TPSA) is 92.8 Å². The lowest BCUT2D eigenvalue weighted by atomic mass is 10.2. The summed E-state index contributed by atoms with van der Waals surface area (Å²) in [6, 6.07) is 4.65. The zero-order valence-corrected chi connectivity index (χ0v) is 16.4. The molecule has 0 aliphatic carbocycles. The number of carbonyl (C=O) groups is 2. The highest BCUT2D eigenvalue weighted by atomic mass is 32.2. The second-order valence-corrected chi connectivity index (χ2v) is 7.44. The smallest absolute Gasteiger partial charge is 0.330 e. The van der Waals surface area contributed by atoms with Crippen LogP contribution in [0.4, 0.5) is 5.69 Å². The maximum Gasteiger partial charge on any atom is 0.330 e. The molecule has 0 aliphatic heterocycles. The first-order chi connectivity index (χ1) is 12.3. The number of sulfonamides is 1. The van der Waals surface area contributed by atoms with Crippen LogP contribution in [0.3, 0.4) is 0 Å². The predicted molar refractivity (Wildman–Crippen MR) is 100 cm³/mol. The third kappa shape index (κ3) is 5.96. The van der Waals surface area contributed by atoms with Gasteiger partial charge in [-0.05, 0) is 31.0 Å². The van der Waals surface area contributed by atoms with Crippen molar-refractivity contribution in [3.05, 3.63) is 35.9 Å². The van der Waals surface area contributed by atoms with Gasteiger partial charge in [-0.2, -0.15) is 4.31 Å². The molecule has 0 fully saturated rings. The van der Waals surface area contributed by atoms with Gasteiger partial charge in [0.1, 0.15) is 0 Å². The van der Waals surface area contributed by atoms with Crippen LogP contribution in [0.25, 0.3) is 0 Å². The number of allylic oxidation sites excluding steroid dienone is 1. The first-order valence-electron chi connectivity index (χ1n) is 8.50. The normalized spacial score (nSPS) is 11.7. The number of benzene rings is 1. The van der Waals surface area contributed by atoms with Gasteiger partial charge in [-0.3, -0.25) is 4.79 Å². The van der Waals surface area contributed by atoms with E-state index in [1.165, 1.54) is 16.4 Å². The molecule has 0 aliphatic rings. The Morgan fingerprint density at radius 2 is 1.85 bits per heavy atom. The fraction of sp³-hybridized carbons (Fsp3) is 0.444. The van der Waals surface area contributed by atoms with Crippen molar-refractivity contribution in [2.45, 2.75) is 39.0 Å². The molecular weight excluding hydrogens is 356 g/mol. The van der Waals surface area contributed by atoms with E-state index in [9.17, 15) is 18.0 Å². The van der Waals surface area contributed by atoms with Crippen LogP contribution >= 0.6 is 0 Å². The zero-order chi connectivity index (χ0) is 19.7. The molecule has 0 atom stereocenters. The van der Waals surface area contributed by atoms with Crippen LogP contribution in [-0.4, -0.2) is 44.3 Å². The minimum Gasteiger partial charge on any atom is -0.452 e. The Labute approximate surface area is 155 Å². The van der Waals surface area contributed by atoms with Gasteiger partial charge in [0.05, 0.1) is 4.90 Å². The summed E-state index contributed by atoms with van der Waals surface area (Å²) in [4.78, 5) is 23.4. The summed E-state index contributed by atoms with van der Waals surface area (Å²) in [6.45, 7) is 7.37. The van der Waals surface area contributed by atoms with Crippen LogP contribution in [0.2, 0.25) is 0 Å². The lowest BCUT2D eigenvalue weighted by Crippen LogP contribution is -2.31. The first kappa shape index (κ1) is 21.9. The van der Waals surface area contributed by atoms with Crippen molar-refractivity contribution in [3.8, 4) is 0 Å². The Bertz CT molecular complexity index is 768. The van der Waals surface area contributed by atoms with E-state index < -0.39 is 28.5 Å². The van der Waals surface area contributed by atoms with Gasteiger partial charge < -0.3 is 10.1 Å². The summed E-state index contributed by atoms with van der Waals surface area (Å²) in [6.07, 6.45) is 3.58. The molecule has 0 radical (unpaired) electrons. The van der Waals surface area contributed by atoms with Crippen LogP contribution in [0.5, 0.6) is 0 Å². The van der Waals surface area contributed by atoms with Crippen LogP contribution in [-0.2, 0) is 24.3 Å². The predicted octanol–water partition coefficient (Wildman–Crippen LogP) is 2.47. The van der Waals surface area contributed by atoms with Crippen molar-refractivity contribution >= 4 is 27.6 Å². The number of ether oxygens (including phenoxy) is 1. The SMILES string of the molecule is CC/C=C/C(=O)OCC(=O)Nc1ccc(C)c(S(=O)(=O)N(CC)CC)c1. The maximum absolute atomic E-state index is 12.7. The lowest BCUT2D eigenvalue weighted by molar-refractivity contribution is -0.142. The number of carbonyl (C=O) groups excluding carboxylic acids is 2. The maximum atomic E-state index is 12.7. The Morgan fingerprint density at radius 1 is 1.19 bits per heavy atom. The second kappa shape index (κ2) is 10.1. The zero-order valence-electron chi connectivity index (χ0n) is 15.6. The number of rotatable bonds is 9. The molecule has 0 unspecified atom stereocenters. The highest BCUT2D eigenvalue weighted by molar-refractivity contribution is 7.89. The Balaban J connectivity index is 2.89. The van der Waals surface area contributed by atoms with E-state index in [1.807, 2.05) is 6.92 Å². The second-order valence-electron chi connectivity index (χ2n) is 5.54. The van der Waals surface area contributed by atoms with Crippen molar-refractivity contribution in [1.29, 1.82) is 0 Å². The molecule has 8 heteroatoms. The molecule has 0 aromatic heterocycles. The fourth-order valence-corrected chi connectivity index (χ4v) is 3.96. The number of amides is 1. The summed E-state index contributed by atoms with van der Waals surface area (Å²) in [7, 11) is -3.64. The molecule has 0 heterocycles. The minimum absolute atomic E-state index is 0.141. The first-order valence-corrected chi connectivity index (χ1v) is 9.94. The molecule has 144 valence electrons. The van der Waals surface area contributed by atoms with E-state index in [-0.39, 0.29) is 4.90 Å². The summed E-state index contributed by atoms with van der Waals surface area (Å²) >= 11 is 0. The third-order valence-electron chi connectivity index (χ3n) is 3.63. The molecule has 1 aromatic rings. The van der Waals surface area contributed by atoms with Crippen molar-refractivity contribution in [1.82, 2.24) is 4.31 Å². The van der Waals surface area contributed by atoms with Gasteiger partial charge in [0.15, 0.2) is 6.61 Å². The number of hydrogen-bond donors (Lipinski definition) is 1. The fourth-order valence-electron chi connectivity index (χ4n) is 2.25. The van der Waals surface area contributed by atoms with E-state index in [1.54, 1.807) is 39.0 Å². The molecule has 0 saturated carbocycles. The Morgan fingerprint density at radius 3 is 2.42 bits per heavy atom. The molecule has 0 saturated heterocycles. The molecule has 1 aromatic carbocycles. The van der Waals surface area contributed by atoms with E-state index in [4.69, 9.17) is 4.74 Å². The lowest BCUT2D eigenvalue weighted by Gasteiger charge is -2.20. The minimum atomic E-state index is -3.64. The molecule has 1 amide bonds. The van der Waals surface area contributed by atoms with Crippen LogP contribution in [0.1, 0.15) is 32.8 Å². The van der Waals surface area contributed by atoms with Crippen LogP contribution < -0.4 is 5.32 Å². The third-order valence-corrected chi connectivity index (χ3v) is 5.82. The standard InChI is InChI=1S/C18H26N2O5S/c1-5-8-9-18(22)25-13-17(21)19-15-11-10-14(4)16(12-15)26(23,24)20(6-2)7-3/h8-12H,5-7,13H2,1-4H3,(H,19,21)/b9-8+.